The van der Waals surface area contributed by atoms with Gasteiger partial charge >= 0.3 is 0 Å². The Balaban J connectivity index is 1.59. The van der Waals surface area contributed by atoms with Crippen LogP contribution in [-0.4, -0.2) is 17.7 Å². The molecule has 1 saturated heterocycles. The number of nitrogens with zero attached hydrogens (tertiary/aromatic N) is 2. The fourth-order valence-electron chi connectivity index (χ4n) is 3.14. The van der Waals surface area contributed by atoms with Gasteiger partial charge in [-0.2, -0.15) is 0 Å². The standard InChI is InChI=1S/C22H19N3O4/c26-20-12-13-21(27)25(23-20)18-10-8-16(9-11-18)22(28)24(15-19-7-4-14-29-19)17-5-2-1-3-6-17/h1-11,14H,12-13,15H2,(H,23,26). The first-order valence-electron chi connectivity index (χ1n) is 9.23. The van der Waals surface area contributed by atoms with Crippen LogP contribution in [-0.2, 0) is 16.1 Å². The van der Waals surface area contributed by atoms with Crippen LogP contribution in [0.5, 0.6) is 0 Å². The molecule has 0 radical (unpaired) electrons. The Morgan fingerprint density at radius 1 is 0.966 bits per heavy atom. The molecule has 0 spiro atoms. The van der Waals surface area contributed by atoms with E-state index in [1.165, 1.54) is 5.01 Å². The maximum absolute atomic E-state index is 13.2. The normalized spacial score (nSPS) is 13.9. The SMILES string of the molecule is O=C1CCC(=O)N(c2ccc(C(=O)N(Cc3ccco3)c3ccccc3)cc2)N1. The summed E-state index contributed by atoms with van der Waals surface area (Å²) in [7, 11) is 0. The van der Waals surface area contributed by atoms with Crippen LogP contribution in [0.1, 0.15) is 29.0 Å². The number of anilines is 2. The van der Waals surface area contributed by atoms with Crippen molar-refractivity contribution in [3.8, 4) is 0 Å². The zero-order valence-corrected chi connectivity index (χ0v) is 15.6. The lowest BCUT2D eigenvalue weighted by atomic mass is 10.1. The van der Waals surface area contributed by atoms with Crippen molar-refractivity contribution in [1.82, 2.24) is 5.43 Å². The van der Waals surface area contributed by atoms with Crippen LogP contribution in [0, 0.1) is 0 Å². The highest BCUT2D eigenvalue weighted by Crippen LogP contribution is 2.23. The van der Waals surface area contributed by atoms with Crippen LogP contribution in [0.4, 0.5) is 11.4 Å². The highest BCUT2D eigenvalue weighted by molar-refractivity contribution is 6.06. The highest BCUT2D eigenvalue weighted by atomic mass is 16.3. The minimum atomic E-state index is -0.210. The quantitative estimate of drug-likeness (QED) is 0.726. The van der Waals surface area contributed by atoms with Crippen molar-refractivity contribution in [3.05, 3.63) is 84.3 Å². The summed E-state index contributed by atoms with van der Waals surface area (Å²) < 4.78 is 5.41. The zero-order valence-electron chi connectivity index (χ0n) is 15.6. The molecule has 0 unspecified atom stereocenters. The van der Waals surface area contributed by atoms with Gasteiger partial charge in [-0.05, 0) is 48.5 Å². The predicted molar refractivity (Wildman–Crippen MR) is 107 cm³/mol. The van der Waals surface area contributed by atoms with Crippen molar-refractivity contribution in [1.29, 1.82) is 0 Å². The first kappa shape index (κ1) is 18.5. The maximum Gasteiger partial charge on any atom is 0.258 e. The van der Waals surface area contributed by atoms with Crippen LogP contribution in [0.3, 0.4) is 0 Å². The van der Waals surface area contributed by atoms with Crippen LogP contribution in [0.25, 0.3) is 0 Å². The molecular formula is C22H19N3O4. The van der Waals surface area contributed by atoms with E-state index in [2.05, 4.69) is 5.43 Å². The summed E-state index contributed by atoms with van der Waals surface area (Å²) in [4.78, 5) is 38.5. The van der Waals surface area contributed by atoms with Gasteiger partial charge in [0.05, 0.1) is 18.5 Å². The molecule has 29 heavy (non-hydrogen) atoms. The molecule has 1 aromatic heterocycles. The van der Waals surface area contributed by atoms with Crippen LogP contribution in [0.2, 0.25) is 0 Å². The van der Waals surface area contributed by atoms with E-state index >= 15 is 0 Å². The molecule has 0 aliphatic carbocycles. The molecule has 1 aliphatic heterocycles. The van der Waals surface area contributed by atoms with Crippen molar-refractivity contribution >= 4 is 29.1 Å². The lowest BCUT2D eigenvalue weighted by molar-refractivity contribution is -0.130. The van der Waals surface area contributed by atoms with E-state index < -0.39 is 0 Å². The van der Waals surface area contributed by atoms with Gasteiger partial charge in [0, 0.05) is 24.1 Å². The van der Waals surface area contributed by atoms with E-state index in [1.54, 1.807) is 41.5 Å². The van der Waals surface area contributed by atoms with Gasteiger partial charge < -0.3 is 9.32 Å². The molecule has 4 rings (SSSR count). The van der Waals surface area contributed by atoms with Gasteiger partial charge in [0.1, 0.15) is 5.76 Å². The molecule has 2 aromatic carbocycles. The molecule has 7 nitrogen and oxygen atoms in total. The fourth-order valence-corrected chi connectivity index (χ4v) is 3.14. The van der Waals surface area contributed by atoms with E-state index in [0.717, 1.165) is 5.69 Å². The third kappa shape index (κ3) is 4.03. The zero-order chi connectivity index (χ0) is 20.2. The van der Waals surface area contributed by atoms with Gasteiger partial charge in [-0.25, -0.2) is 5.01 Å². The van der Waals surface area contributed by atoms with Gasteiger partial charge in [-0.3, -0.25) is 19.8 Å². The number of carbonyl (C=O) groups excluding carboxylic acids is 3. The number of hydrazine groups is 1. The number of nitrogens with one attached hydrogen (secondary N) is 1. The Hall–Kier alpha value is -3.87. The second-order valence-corrected chi connectivity index (χ2v) is 6.62. The number of hydrogen-bond donors (Lipinski definition) is 1. The number of rotatable bonds is 5. The molecule has 2 heterocycles. The smallest absolute Gasteiger partial charge is 0.258 e. The topological polar surface area (TPSA) is 82.9 Å². The third-order valence-corrected chi connectivity index (χ3v) is 4.63. The summed E-state index contributed by atoms with van der Waals surface area (Å²) in [5, 5.41) is 1.22. The van der Waals surface area contributed by atoms with Crippen molar-refractivity contribution in [2.24, 2.45) is 0 Å². The summed E-state index contributed by atoms with van der Waals surface area (Å²) in [5.74, 6) is 0.0690. The van der Waals surface area contributed by atoms with E-state index in [1.807, 2.05) is 36.4 Å². The van der Waals surface area contributed by atoms with Crippen molar-refractivity contribution < 1.29 is 18.8 Å². The Morgan fingerprint density at radius 2 is 1.72 bits per heavy atom. The van der Waals surface area contributed by atoms with E-state index in [4.69, 9.17) is 4.42 Å². The minimum absolute atomic E-state index is 0.164. The van der Waals surface area contributed by atoms with Crippen LogP contribution in [0.15, 0.2) is 77.4 Å². The molecule has 7 heteroatoms. The molecule has 1 N–H and O–H groups in total. The molecule has 146 valence electrons. The lowest BCUT2D eigenvalue weighted by Gasteiger charge is -2.27. The minimum Gasteiger partial charge on any atom is -0.467 e. The number of hydrogen-bond acceptors (Lipinski definition) is 4. The predicted octanol–water partition coefficient (Wildman–Crippen LogP) is 3.28. The average Bonchev–Trinajstić information content (AvgIpc) is 3.27. The average molecular weight is 389 g/mol. The highest BCUT2D eigenvalue weighted by Gasteiger charge is 2.25. The van der Waals surface area contributed by atoms with Crippen molar-refractivity contribution in [2.75, 3.05) is 9.91 Å². The van der Waals surface area contributed by atoms with E-state index in [9.17, 15) is 14.4 Å². The monoisotopic (exact) mass is 389 g/mol. The second-order valence-electron chi connectivity index (χ2n) is 6.62. The molecule has 1 fully saturated rings. The Morgan fingerprint density at radius 3 is 2.41 bits per heavy atom. The summed E-state index contributed by atoms with van der Waals surface area (Å²) in [6, 6.07) is 19.5. The third-order valence-electron chi connectivity index (χ3n) is 4.63. The van der Waals surface area contributed by atoms with Gasteiger partial charge in [0.15, 0.2) is 0 Å². The first-order valence-corrected chi connectivity index (χ1v) is 9.23. The largest absolute Gasteiger partial charge is 0.467 e. The molecule has 3 aromatic rings. The summed E-state index contributed by atoms with van der Waals surface area (Å²) in [6.45, 7) is 0.290. The molecule has 0 saturated carbocycles. The molecule has 0 bridgehead atoms. The second kappa shape index (κ2) is 8.02. The summed E-state index contributed by atoms with van der Waals surface area (Å²) in [6.07, 6.45) is 1.92. The van der Waals surface area contributed by atoms with Gasteiger partial charge in [-0.1, -0.05) is 18.2 Å². The van der Waals surface area contributed by atoms with Crippen molar-refractivity contribution in [2.45, 2.75) is 19.4 Å². The van der Waals surface area contributed by atoms with Crippen molar-refractivity contribution in [3.63, 3.8) is 0 Å². The molecule has 3 amide bonds. The molecular weight excluding hydrogens is 370 g/mol. The molecule has 1 aliphatic rings. The van der Waals surface area contributed by atoms with Crippen LogP contribution < -0.4 is 15.3 Å². The van der Waals surface area contributed by atoms with Gasteiger partial charge in [0.2, 0.25) is 11.8 Å². The lowest BCUT2D eigenvalue weighted by Crippen LogP contribution is -2.50. The van der Waals surface area contributed by atoms with Gasteiger partial charge in [0.25, 0.3) is 5.91 Å². The van der Waals surface area contributed by atoms with E-state index in [0.29, 0.717) is 17.0 Å². The maximum atomic E-state index is 13.2. The number of carbonyl (C=O) groups is 3. The van der Waals surface area contributed by atoms with Crippen LogP contribution >= 0.6 is 0 Å². The fraction of sp³-hybridized carbons (Fsp3) is 0.136. The number of furan rings is 1. The number of amides is 3. The molecule has 0 atom stereocenters. The first-order chi connectivity index (χ1) is 14.1. The Bertz CT molecular complexity index is 1010. The summed E-state index contributed by atoms with van der Waals surface area (Å²) >= 11 is 0. The Kier molecular flexibility index (Phi) is 5.11. The van der Waals surface area contributed by atoms with Gasteiger partial charge in [-0.15, -0.1) is 0 Å². The number of para-hydroxylation sites is 1. The summed E-state index contributed by atoms with van der Waals surface area (Å²) in [5.41, 5.74) is 4.26. The number of benzene rings is 2. The van der Waals surface area contributed by atoms with E-state index in [-0.39, 0.29) is 37.1 Å². The Labute approximate surface area is 167 Å².